The molecule has 0 spiro atoms. The summed E-state index contributed by atoms with van der Waals surface area (Å²) in [6, 6.07) is 7.21. The predicted molar refractivity (Wildman–Crippen MR) is 129 cm³/mol. The molecule has 29 heavy (non-hydrogen) atoms. The number of H-pyrrole nitrogens is 1. The van der Waals surface area contributed by atoms with Crippen LogP contribution in [0, 0.1) is 11.9 Å². The Bertz CT molecular complexity index is 1120. The number of phenolic OH excluding ortho intramolecular Hbond substituents is 1. The molecule has 0 saturated heterocycles. The normalized spacial score (nSPS) is 11.1. The maximum atomic E-state index is 10.3. The monoisotopic (exact) mass is 638 g/mol. The zero-order valence-corrected chi connectivity index (χ0v) is 20.7. The minimum absolute atomic E-state index is 0.152. The molecule has 0 fully saturated rings. The molecule has 0 aliphatic carbocycles. The first-order valence-corrected chi connectivity index (χ1v) is 10.7. The summed E-state index contributed by atoms with van der Waals surface area (Å²) in [4.78, 5) is 0. The Kier molecular flexibility index (Phi) is 7.00. The zero-order chi connectivity index (χ0) is 21.1. The van der Waals surface area contributed by atoms with E-state index in [1.807, 2.05) is 12.1 Å². The van der Waals surface area contributed by atoms with Gasteiger partial charge in [0.05, 0.1) is 31.1 Å². The van der Waals surface area contributed by atoms with Crippen molar-refractivity contribution in [1.29, 1.82) is 0 Å². The smallest absolute Gasteiger partial charge is 0.216 e. The highest BCUT2D eigenvalue weighted by atomic mass is 127. The number of phenols is 1. The lowest BCUT2D eigenvalue weighted by Gasteiger charge is -2.13. The van der Waals surface area contributed by atoms with Crippen molar-refractivity contribution in [3.8, 4) is 34.4 Å². The number of aromatic amines is 1. The minimum atomic E-state index is 0.152. The van der Waals surface area contributed by atoms with Crippen molar-refractivity contribution in [3.63, 3.8) is 0 Å². The van der Waals surface area contributed by atoms with Gasteiger partial charge < -0.3 is 19.3 Å². The lowest BCUT2D eigenvalue weighted by Crippen LogP contribution is -1.99. The van der Waals surface area contributed by atoms with E-state index in [1.54, 1.807) is 12.1 Å². The number of halogens is 2. The van der Waals surface area contributed by atoms with Crippen molar-refractivity contribution in [2.45, 2.75) is 0 Å². The molecular weight excluding hydrogens is 622 g/mol. The van der Waals surface area contributed by atoms with Crippen molar-refractivity contribution < 1.29 is 19.3 Å². The number of hydrogen-bond acceptors (Lipinski definition) is 7. The van der Waals surface area contributed by atoms with Crippen molar-refractivity contribution in [3.05, 3.63) is 41.7 Å². The van der Waals surface area contributed by atoms with E-state index in [0.29, 0.717) is 39.0 Å². The Hall–Kier alpha value is -1.87. The van der Waals surface area contributed by atoms with E-state index >= 15 is 0 Å². The van der Waals surface area contributed by atoms with E-state index in [1.165, 1.54) is 32.2 Å². The molecule has 0 saturated carbocycles. The van der Waals surface area contributed by atoms with Gasteiger partial charge in [-0.2, -0.15) is 14.9 Å². The number of nitrogens with one attached hydrogen (secondary N) is 1. The first kappa shape index (κ1) is 21.8. The highest BCUT2D eigenvalue weighted by molar-refractivity contribution is 14.1. The standard InChI is InChI=1S/C18H16I2N4O4S/c1-26-13-5-9(6-14(27-2)16(13)28-3)17-22-23-18(29)24(17)21-8-10-4-11(19)7-12(20)15(10)25/h4-8,25H,1-3H3,(H,23,29)/b21-8-. The van der Waals surface area contributed by atoms with E-state index < -0.39 is 0 Å². The summed E-state index contributed by atoms with van der Waals surface area (Å²) in [5, 5.41) is 21.7. The third-order valence-electron chi connectivity index (χ3n) is 3.94. The van der Waals surface area contributed by atoms with Gasteiger partial charge in [-0.05, 0) is 81.7 Å². The van der Waals surface area contributed by atoms with Gasteiger partial charge in [0.1, 0.15) is 5.75 Å². The lowest BCUT2D eigenvalue weighted by molar-refractivity contribution is 0.324. The quantitative estimate of drug-likeness (QED) is 0.236. The van der Waals surface area contributed by atoms with E-state index in [-0.39, 0.29) is 5.75 Å². The number of hydrogen-bond donors (Lipinski definition) is 2. The number of benzene rings is 2. The van der Waals surface area contributed by atoms with Gasteiger partial charge in [0.25, 0.3) is 0 Å². The first-order valence-electron chi connectivity index (χ1n) is 8.09. The molecule has 0 unspecified atom stereocenters. The van der Waals surface area contributed by atoms with E-state index in [2.05, 4.69) is 60.5 Å². The number of methoxy groups -OCH3 is 3. The minimum Gasteiger partial charge on any atom is -0.506 e. The van der Waals surface area contributed by atoms with E-state index in [9.17, 15) is 5.11 Å². The Morgan fingerprint density at radius 3 is 2.34 bits per heavy atom. The fourth-order valence-corrected chi connectivity index (χ4v) is 4.67. The fraction of sp³-hybridized carbons (Fsp3) is 0.167. The van der Waals surface area contributed by atoms with Crippen LogP contribution >= 0.6 is 57.4 Å². The third kappa shape index (κ3) is 4.50. The van der Waals surface area contributed by atoms with Crippen LogP contribution in [0.3, 0.4) is 0 Å². The van der Waals surface area contributed by atoms with Gasteiger partial charge in [-0.25, -0.2) is 5.10 Å². The molecule has 1 aromatic heterocycles. The Labute approximate surface area is 199 Å². The van der Waals surface area contributed by atoms with Crippen LogP contribution in [0.2, 0.25) is 0 Å². The third-order valence-corrected chi connectivity index (χ3v) is 5.65. The van der Waals surface area contributed by atoms with Gasteiger partial charge in [0, 0.05) is 14.7 Å². The molecule has 0 radical (unpaired) electrons. The number of aromatic nitrogens is 3. The highest BCUT2D eigenvalue weighted by Gasteiger charge is 2.17. The molecule has 11 heteroatoms. The summed E-state index contributed by atoms with van der Waals surface area (Å²) in [7, 11) is 4.62. The van der Waals surface area contributed by atoms with Crippen LogP contribution in [0.15, 0.2) is 29.4 Å². The van der Waals surface area contributed by atoms with Crippen LogP contribution in [0.25, 0.3) is 11.4 Å². The molecule has 2 N–H and O–H groups in total. The van der Waals surface area contributed by atoms with Crippen LogP contribution in [-0.4, -0.2) is 47.5 Å². The Balaban J connectivity index is 2.11. The summed E-state index contributed by atoms with van der Waals surface area (Å²) in [6.07, 6.45) is 1.53. The van der Waals surface area contributed by atoms with Gasteiger partial charge >= 0.3 is 0 Å². The SMILES string of the molecule is COc1cc(-c2n[nH]c(=S)n2/N=C\c2cc(I)cc(I)c2O)cc(OC)c1OC. The molecule has 0 atom stereocenters. The van der Waals surface area contributed by atoms with Crippen LogP contribution in [0.1, 0.15) is 5.56 Å². The molecule has 0 aliphatic rings. The van der Waals surface area contributed by atoms with Crippen LogP contribution in [0.4, 0.5) is 0 Å². The second kappa shape index (κ2) is 9.30. The van der Waals surface area contributed by atoms with Crippen LogP contribution in [0.5, 0.6) is 23.0 Å². The number of aromatic hydroxyl groups is 1. The van der Waals surface area contributed by atoms with Gasteiger partial charge in [-0.15, -0.1) is 0 Å². The maximum Gasteiger partial charge on any atom is 0.216 e. The van der Waals surface area contributed by atoms with Crippen molar-refractivity contribution in [2.24, 2.45) is 5.10 Å². The average Bonchev–Trinajstić information content (AvgIpc) is 3.08. The van der Waals surface area contributed by atoms with Crippen LogP contribution < -0.4 is 14.2 Å². The fourth-order valence-electron chi connectivity index (χ4n) is 2.60. The molecule has 2 aromatic carbocycles. The summed E-state index contributed by atoms with van der Waals surface area (Å²) in [5.41, 5.74) is 1.23. The molecule has 152 valence electrons. The second-order valence-corrected chi connectivity index (χ2v) is 8.44. The van der Waals surface area contributed by atoms with Gasteiger partial charge in [-0.3, -0.25) is 0 Å². The van der Waals surface area contributed by atoms with Gasteiger partial charge in [0.15, 0.2) is 17.3 Å². The largest absolute Gasteiger partial charge is 0.506 e. The van der Waals surface area contributed by atoms with Crippen molar-refractivity contribution >= 4 is 63.6 Å². The number of rotatable bonds is 6. The average molecular weight is 638 g/mol. The maximum absolute atomic E-state index is 10.3. The Morgan fingerprint density at radius 2 is 1.76 bits per heavy atom. The van der Waals surface area contributed by atoms with E-state index in [4.69, 9.17) is 26.4 Å². The van der Waals surface area contributed by atoms with E-state index in [0.717, 1.165) is 7.14 Å². The molecule has 1 heterocycles. The van der Waals surface area contributed by atoms with Gasteiger partial charge in [-0.1, -0.05) is 0 Å². The Morgan fingerprint density at radius 1 is 1.10 bits per heavy atom. The molecule has 0 amide bonds. The molecule has 0 aliphatic heterocycles. The number of ether oxygens (including phenoxy) is 3. The summed E-state index contributed by atoms with van der Waals surface area (Å²) < 4.78 is 19.6. The molecule has 3 aromatic rings. The summed E-state index contributed by atoms with van der Waals surface area (Å²) in [5.74, 6) is 2.04. The van der Waals surface area contributed by atoms with Crippen molar-refractivity contribution in [2.75, 3.05) is 21.3 Å². The molecule has 8 nitrogen and oxygen atoms in total. The molecule has 3 rings (SSSR count). The van der Waals surface area contributed by atoms with Crippen molar-refractivity contribution in [1.82, 2.24) is 14.9 Å². The molecule has 0 bridgehead atoms. The first-order chi connectivity index (χ1) is 13.9. The second-order valence-electron chi connectivity index (χ2n) is 5.65. The number of nitrogens with zero attached hydrogens (tertiary/aromatic N) is 3. The topological polar surface area (TPSA) is 93.9 Å². The highest BCUT2D eigenvalue weighted by Crippen LogP contribution is 2.40. The molecular formula is C18H16I2N4O4S. The van der Waals surface area contributed by atoms with Gasteiger partial charge in [0.2, 0.25) is 10.5 Å². The lowest BCUT2D eigenvalue weighted by atomic mass is 10.1. The zero-order valence-electron chi connectivity index (χ0n) is 15.6. The predicted octanol–water partition coefficient (Wildman–Crippen LogP) is 4.43. The summed E-state index contributed by atoms with van der Waals surface area (Å²) in [6.45, 7) is 0. The van der Waals surface area contributed by atoms with Crippen LogP contribution in [-0.2, 0) is 0 Å². The summed E-state index contributed by atoms with van der Waals surface area (Å²) >= 11 is 9.58.